The minimum atomic E-state index is 0.963. The van der Waals surface area contributed by atoms with Gasteiger partial charge in [0.2, 0.25) is 0 Å². The molecule has 0 N–H and O–H groups in total. The molecule has 1 aliphatic rings. The Hall–Kier alpha value is -3.08. The van der Waals surface area contributed by atoms with Crippen LogP contribution in [0.4, 0.5) is 11.4 Å². The first-order chi connectivity index (χ1) is 15.9. The number of aliphatic imine (C=N–C) groups is 2. The van der Waals surface area contributed by atoms with Crippen LogP contribution in [0.3, 0.4) is 0 Å². The van der Waals surface area contributed by atoms with Crippen LogP contribution in [0.5, 0.6) is 0 Å². The number of thioether (sulfide) groups is 2. The van der Waals surface area contributed by atoms with Crippen molar-refractivity contribution in [1.82, 2.24) is 0 Å². The van der Waals surface area contributed by atoms with Crippen molar-refractivity contribution < 1.29 is 0 Å². The van der Waals surface area contributed by atoms with Gasteiger partial charge in [-0.1, -0.05) is 97.1 Å². The molecule has 0 radical (unpaired) electrons. The standard InChI is InChI=1S/C28H22N2S2/c1-4-11-21(12-5-1)24-17-10-18-25(22-13-6-2-7-14-22)26(24)30-28-27(31-19-20-32-28)29-23-15-8-3-9-16-23/h1-18H,19-20H2. The Balaban J connectivity index is 1.68. The van der Waals surface area contributed by atoms with Crippen molar-refractivity contribution in [2.75, 3.05) is 11.5 Å². The number of nitrogens with zero attached hydrogens (tertiary/aromatic N) is 2. The molecule has 1 heterocycles. The van der Waals surface area contributed by atoms with Gasteiger partial charge < -0.3 is 0 Å². The number of benzene rings is 4. The number of para-hydroxylation sites is 2. The Kier molecular flexibility index (Phi) is 6.52. The average molecular weight is 451 g/mol. The first-order valence-electron chi connectivity index (χ1n) is 10.6. The second-order valence-electron chi connectivity index (χ2n) is 7.30. The minimum Gasteiger partial charge on any atom is -0.239 e. The molecule has 0 atom stereocenters. The van der Waals surface area contributed by atoms with Gasteiger partial charge in [-0.3, -0.25) is 0 Å². The van der Waals surface area contributed by atoms with E-state index in [1.807, 2.05) is 42.5 Å². The lowest BCUT2D eigenvalue weighted by Gasteiger charge is -2.18. The highest BCUT2D eigenvalue weighted by Crippen LogP contribution is 2.40. The molecule has 0 bridgehead atoms. The lowest BCUT2D eigenvalue weighted by molar-refractivity contribution is 1.49. The SMILES string of the molecule is c1ccc(N=C2SCCSC2=Nc2c(-c3ccccc3)cccc2-c2ccccc2)cc1. The highest BCUT2D eigenvalue weighted by Gasteiger charge is 2.19. The summed E-state index contributed by atoms with van der Waals surface area (Å²) in [6, 6.07) is 37.6. The molecule has 0 aromatic heterocycles. The molecule has 0 amide bonds. The van der Waals surface area contributed by atoms with E-state index in [2.05, 4.69) is 66.7 Å². The zero-order chi connectivity index (χ0) is 21.6. The van der Waals surface area contributed by atoms with Crippen LogP contribution in [0.25, 0.3) is 22.3 Å². The van der Waals surface area contributed by atoms with E-state index in [-0.39, 0.29) is 0 Å². The van der Waals surface area contributed by atoms with Crippen LogP contribution in [0.2, 0.25) is 0 Å². The Labute approximate surface area is 197 Å². The van der Waals surface area contributed by atoms with Gasteiger partial charge in [-0.15, -0.1) is 23.5 Å². The molecule has 1 aliphatic heterocycles. The maximum Gasteiger partial charge on any atom is 0.129 e. The molecular formula is C28H22N2S2. The molecule has 32 heavy (non-hydrogen) atoms. The van der Waals surface area contributed by atoms with Crippen LogP contribution in [0.15, 0.2) is 119 Å². The lowest BCUT2D eigenvalue weighted by Crippen LogP contribution is -2.14. The van der Waals surface area contributed by atoms with Crippen LogP contribution < -0.4 is 0 Å². The predicted octanol–water partition coefficient (Wildman–Crippen LogP) is 8.26. The van der Waals surface area contributed by atoms with Crippen molar-refractivity contribution in [1.29, 1.82) is 0 Å². The van der Waals surface area contributed by atoms with Gasteiger partial charge in [-0.05, 0) is 23.3 Å². The van der Waals surface area contributed by atoms with Gasteiger partial charge in [0.1, 0.15) is 10.1 Å². The summed E-state index contributed by atoms with van der Waals surface area (Å²) in [7, 11) is 0. The Morgan fingerprint density at radius 1 is 0.469 bits per heavy atom. The van der Waals surface area contributed by atoms with Crippen LogP contribution in [-0.4, -0.2) is 21.6 Å². The third-order valence-electron chi connectivity index (χ3n) is 5.15. The first-order valence-corrected chi connectivity index (χ1v) is 12.6. The van der Waals surface area contributed by atoms with Crippen LogP contribution in [-0.2, 0) is 0 Å². The lowest BCUT2D eigenvalue weighted by atomic mass is 9.96. The van der Waals surface area contributed by atoms with E-state index < -0.39 is 0 Å². The molecule has 1 fully saturated rings. The quantitative estimate of drug-likeness (QED) is 0.312. The van der Waals surface area contributed by atoms with Crippen molar-refractivity contribution in [3.05, 3.63) is 109 Å². The molecule has 5 rings (SSSR count). The van der Waals surface area contributed by atoms with E-state index >= 15 is 0 Å². The van der Waals surface area contributed by atoms with Gasteiger partial charge in [0, 0.05) is 22.6 Å². The van der Waals surface area contributed by atoms with Crippen molar-refractivity contribution in [2.45, 2.75) is 0 Å². The number of hydrogen-bond acceptors (Lipinski definition) is 4. The van der Waals surface area contributed by atoms with E-state index in [4.69, 9.17) is 9.98 Å². The molecule has 4 heteroatoms. The summed E-state index contributed by atoms with van der Waals surface area (Å²) in [6.07, 6.45) is 0. The summed E-state index contributed by atoms with van der Waals surface area (Å²) in [6.45, 7) is 0. The molecule has 0 spiro atoms. The van der Waals surface area contributed by atoms with Crippen molar-refractivity contribution >= 4 is 45.0 Å². The van der Waals surface area contributed by atoms with Gasteiger partial charge in [-0.25, -0.2) is 9.98 Å². The van der Waals surface area contributed by atoms with Crippen molar-refractivity contribution in [2.24, 2.45) is 9.98 Å². The molecule has 156 valence electrons. The average Bonchev–Trinajstić information content (AvgIpc) is 2.87. The van der Waals surface area contributed by atoms with Crippen molar-refractivity contribution in [3.63, 3.8) is 0 Å². The summed E-state index contributed by atoms with van der Waals surface area (Å²) >= 11 is 3.58. The number of hydrogen-bond donors (Lipinski definition) is 0. The van der Waals surface area contributed by atoms with Gasteiger partial charge in [0.05, 0.1) is 11.4 Å². The maximum absolute atomic E-state index is 5.28. The zero-order valence-electron chi connectivity index (χ0n) is 17.5. The third-order valence-corrected chi connectivity index (χ3v) is 7.47. The van der Waals surface area contributed by atoms with Crippen molar-refractivity contribution in [3.8, 4) is 22.3 Å². The minimum absolute atomic E-state index is 0.963. The molecule has 1 saturated heterocycles. The Bertz CT molecular complexity index is 1190. The van der Waals surface area contributed by atoms with Crippen LogP contribution in [0.1, 0.15) is 0 Å². The Morgan fingerprint density at radius 2 is 0.938 bits per heavy atom. The van der Waals surface area contributed by atoms with Gasteiger partial charge >= 0.3 is 0 Å². The molecule has 0 saturated carbocycles. The zero-order valence-corrected chi connectivity index (χ0v) is 19.2. The Morgan fingerprint density at radius 3 is 1.47 bits per heavy atom. The fourth-order valence-corrected chi connectivity index (χ4v) is 5.72. The van der Waals surface area contributed by atoms with Crippen LogP contribution in [0, 0.1) is 0 Å². The fourth-order valence-electron chi connectivity index (χ4n) is 3.65. The summed E-state index contributed by atoms with van der Waals surface area (Å²) in [5.41, 5.74) is 6.56. The van der Waals surface area contributed by atoms with Gasteiger partial charge in [0.25, 0.3) is 0 Å². The molecular weight excluding hydrogens is 428 g/mol. The second kappa shape index (κ2) is 10.0. The monoisotopic (exact) mass is 450 g/mol. The highest BCUT2D eigenvalue weighted by molar-refractivity contribution is 8.27. The van der Waals surface area contributed by atoms with Gasteiger partial charge in [-0.2, -0.15) is 0 Å². The summed E-state index contributed by atoms with van der Waals surface area (Å²) in [4.78, 5) is 10.2. The maximum atomic E-state index is 5.28. The molecule has 0 unspecified atom stereocenters. The van der Waals surface area contributed by atoms with E-state index in [0.717, 1.165) is 44.1 Å². The molecule has 2 nitrogen and oxygen atoms in total. The molecule has 4 aromatic rings. The normalized spacial score (nSPS) is 16.4. The molecule has 4 aromatic carbocycles. The third kappa shape index (κ3) is 4.72. The second-order valence-corrected chi connectivity index (χ2v) is 9.47. The van der Waals surface area contributed by atoms with E-state index in [1.165, 1.54) is 11.1 Å². The van der Waals surface area contributed by atoms with E-state index in [9.17, 15) is 0 Å². The van der Waals surface area contributed by atoms with Crippen LogP contribution >= 0.6 is 23.5 Å². The highest BCUT2D eigenvalue weighted by atomic mass is 32.2. The largest absolute Gasteiger partial charge is 0.239 e. The topological polar surface area (TPSA) is 24.7 Å². The van der Waals surface area contributed by atoms with E-state index in [1.54, 1.807) is 23.5 Å². The smallest absolute Gasteiger partial charge is 0.129 e. The van der Waals surface area contributed by atoms with E-state index in [0.29, 0.717) is 0 Å². The fraction of sp³-hybridized carbons (Fsp3) is 0.0714. The summed E-state index contributed by atoms with van der Waals surface area (Å²) < 4.78 is 0. The number of rotatable bonds is 4. The van der Waals surface area contributed by atoms with Gasteiger partial charge in [0.15, 0.2) is 0 Å². The molecule has 0 aliphatic carbocycles. The summed E-state index contributed by atoms with van der Waals surface area (Å²) in [5, 5.41) is 1.99. The predicted molar refractivity (Wildman–Crippen MR) is 143 cm³/mol. The summed E-state index contributed by atoms with van der Waals surface area (Å²) in [5.74, 6) is 2.08. The first kappa shape index (κ1) is 20.8.